The van der Waals surface area contributed by atoms with Crippen LogP contribution >= 0.6 is 11.6 Å². The molecule has 1 aliphatic heterocycles. The van der Waals surface area contributed by atoms with Gasteiger partial charge in [-0.1, -0.05) is 35.9 Å². The van der Waals surface area contributed by atoms with Gasteiger partial charge in [-0.15, -0.1) is 0 Å². The standard InChI is InChI=1S/C17H17ClN2/c18-17-6-4-14-7-10-19-11-8-15(14)16(17)5-3-13-2-1-9-20-12-13/h1-6,9,12,19H,7-8,10-11H2/b5-3-. The summed E-state index contributed by atoms with van der Waals surface area (Å²) in [5.74, 6) is 0. The zero-order chi connectivity index (χ0) is 13.8. The smallest absolute Gasteiger partial charge is 0.0481 e. The number of hydrogen-bond acceptors (Lipinski definition) is 2. The maximum atomic E-state index is 6.39. The SMILES string of the molecule is Clc1ccc2c(c1/C=C\c1cccnc1)CCNCC2. The minimum Gasteiger partial charge on any atom is -0.316 e. The lowest BCUT2D eigenvalue weighted by Gasteiger charge is -2.11. The van der Waals surface area contributed by atoms with Crippen LogP contribution in [0.25, 0.3) is 12.2 Å². The minimum atomic E-state index is 0.825. The molecular formula is C17H17ClN2. The Morgan fingerprint density at radius 1 is 1.10 bits per heavy atom. The third-order valence-corrected chi connectivity index (χ3v) is 3.98. The number of rotatable bonds is 2. The van der Waals surface area contributed by atoms with Crippen LogP contribution in [0.2, 0.25) is 5.02 Å². The third-order valence-electron chi connectivity index (χ3n) is 3.65. The van der Waals surface area contributed by atoms with Crippen molar-refractivity contribution in [2.24, 2.45) is 0 Å². The molecule has 0 fully saturated rings. The van der Waals surface area contributed by atoms with E-state index >= 15 is 0 Å². The Balaban J connectivity index is 1.98. The molecule has 20 heavy (non-hydrogen) atoms. The van der Waals surface area contributed by atoms with Crippen LogP contribution in [0.1, 0.15) is 22.3 Å². The van der Waals surface area contributed by atoms with Crippen LogP contribution < -0.4 is 5.32 Å². The fourth-order valence-corrected chi connectivity index (χ4v) is 2.85. The van der Waals surface area contributed by atoms with Crippen LogP contribution in [0.5, 0.6) is 0 Å². The van der Waals surface area contributed by atoms with Gasteiger partial charge in [-0.3, -0.25) is 4.98 Å². The molecule has 0 saturated carbocycles. The van der Waals surface area contributed by atoms with E-state index in [1.54, 1.807) is 6.20 Å². The molecule has 1 aromatic heterocycles. The first-order valence-corrected chi connectivity index (χ1v) is 7.31. The summed E-state index contributed by atoms with van der Waals surface area (Å²) in [6.45, 7) is 2.06. The molecule has 0 amide bonds. The highest BCUT2D eigenvalue weighted by atomic mass is 35.5. The first-order valence-electron chi connectivity index (χ1n) is 6.93. The minimum absolute atomic E-state index is 0.825. The molecule has 0 bridgehead atoms. The van der Waals surface area contributed by atoms with E-state index in [4.69, 9.17) is 11.6 Å². The van der Waals surface area contributed by atoms with E-state index in [1.807, 2.05) is 24.4 Å². The van der Waals surface area contributed by atoms with Gasteiger partial charge in [0.2, 0.25) is 0 Å². The molecule has 2 heterocycles. The fraction of sp³-hybridized carbons (Fsp3) is 0.235. The summed E-state index contributed by atoms with van der Waals surface area (Å²) >= 11 is 6.39. The van der Waals surface area contributed by atoms with Gasteiger partial charge >= 0.3 is 0 Å². The van der Waals surface area contributed by atoms with Crippen LogP contribution in [-0.2, 0) is 12.8 Å². The monoisotopic (exact) mass is 284 g/mol. The Bertz CT molecular complexity index is 620. The van der Waals surface area contributed by atoms with E-state index in [1.165, 1.54) is 11.1 Å². The number of fused-ring (bicyclic) bond motifs is 1. The summed E-state index contributed by atoms with van der Waals surface area (Å²) in [5, 5.41) is 4.26. The molecule has 3 rings (SSSR count). The Morgan fingerprint density at radius 2 is 2.00 bits per heavy atom. The second-order valence-electron chi connectivity index (χ2n) is 4.97. The van der Waals surface area contributed by atoms with E-state index < -0.39 is 0 Å². The molecule has 1 aromatic carbocycles. The maximum absolute atomic E-state index is 6.39. The van der Waals surface area contributed by atoms with Crippen molar-refractivity contribution in [1.82, 2.24) is 10.3 Å². The third kappa shape index (κ3) is 2.92. The quantitative estimate of drug-likeness (QED) is 0.911. The van der Waals surface area contributed by atoms with Gasteiger partial charge in [0.15, 0.2) is 0 Å². The molecule has 3 heteroatoms. The topological polar surface area (TPSA) is 24.9 Å². The molecule has 102 valence electrons. The highest BCUT2D eigenvalue weighted by Gasteiger charge is 2.12. The van der Waals surface area contributed by atoms with Crippen molar-refractivity contribution in [3.63, 3.8) is 0 Å². The molecule has 0 aliphatic carbocycles. The maximum Gasteiger partial charge on any atom is 0.0481 e. The molecule has 0 spiro atoms. The Kier molecular flexibility index (Phi) is 4.14. The molecule has 1 N–H and O–H groups in total. The van der Waals surface area contributed by atoms with Crippen LogP contribution in [0.15, 0.2) is 36.7 Å². The summed E-state index contributed by atoms with van der Waals surface area (Å²) < 4.78 is 0. The second-order valence-corrected chi connectivity index (χ2v) is 5.38. The average molecular weight is 285 g/mol. The Morgan fingerprint density at radius 3 is 2.85 bits per heavy atom. The molecule has 2 aromatic rings. The summed E-state index contributed by atoms with van der Waals surface area (Å²) in [6, 6.07) is 8.15. The number of nitrogens with one attached hydrogen (secondary N) is 1. The van der Waals surface area contributed by atoms with Crippen LogP contribution in [0.3, 0.4) is 0 Å². The summed E-state index contributed by atoms with van der Waals surface area (Å²) in [6.07, 6.45) is 9.93. The molecule has 0 saturated heterocycles. The van der Waals surface area contributed by atoms with Crippen molar-refractivity contribution in [3.05, 3.63) is 63.9 Å². The zero-order valence-corrected chi connectivity index (χ0v) is 12.0. The number of benzene rings is 1. The molecular weight excluding hydrogens is 268 g/mol. The fourth-order valence-electron chi connectivity index (χ4n) is 2.61. The number of halogens is 1. The number of aromatic nitrogens is 1. The van der Waals surface area contributed by atoms with Crippen LogP contribution in [0, 0.1) is 0 Å². The summed E-state index contributed by atoms with van der Waals surface area (Å²) in [7, 11) is 0. The van der Waals surface area contributed by atoms with Crippen LogP contribution in [0.4, 0.5) is 0 Å². The van der Waals surface area contributed by atoms with E-state index in [0.29, 0.717) is 0 Å². The molecule has 1 aliphatic rings. The number of hydrogen-bond donors (Lipinski definition) is 1. The lowest BCUT2D eigenvalue weighted by Crippen LogP contribution is -2.16. The molecule has 0 atom stereocenters. The van der Waals surface area contributed by atoms with Crippen molar-refractivity contribution in [2.75, 3.05) is 13.1 Å². The van der Waals surface area contributed by atoms with Crippen molar-refractivity contribution in [2.45, 2.75) is 12.8 Å². The van der Waals surface area contributed by atoms with Crippen molar-refractivity contribution in [1.29, 1.82) is 0 Å². The number of nitrogens with zero attached hydrogens (tertiary/aromatic N) is 1. The van der Waals surface area contributed by atoms with Gasteiger partial charge in [0.25, 0.3) is 0 Å². The summed E-state index contributed by atoms with van der Waals surface area (Å²) in [4.78, 5) is 4.13. The van der Waals surface area contributed by atoms with Crippen molar-refractivity contribution < 1.29 is 0 Å². The van der Waals surface area contributed by atoms with Gasteiger partial charge < -0.3 is 5.32 Å². The van der Waals surface area contributed by atoms with Gasteiger partial charge in [-0.25, -0.2) is 0 Å². The van der Waals surface area contributed by atoms with Gasteiger partial charge in [0, 0.05) is 17.4 Å². The molecule has 0 radical (unpaired) electrons. The highest BCUT2D eigenvalue weighted by Crippen LogP contribution is 2.27. The van der Waals surface area contributed by atoms with Crippen molar-refractivity contribution in [3.8, 4) is 0 Å². The van der Waals surface area contributed by atoms with E-state index in [9.17, 15) is 0 Å². The molecule has 2 nitrogen and oxygen atoms in total. The summed E-state index contributed by atoms with van der Waals surface area (Å²) in [5.41, 5.74) is 5.03. The van der Waals surface area contributed by atoms with E-state index in [0.717, 1.165) is 42.1 Å². The van der Waals surface area contributed by atoms with E-state index in [2.05, 4.69) is 28.5 Å². The van der Waals surface area contributed by atoms with Crippen molar-refractivity contribution >= 4 is 23.8 Å². The normalized spacial score (nSPS) is 15.1. The van der Waals surface area contributed by atoms with Gasteiger partial charge in [-0.2, -0.15) is 0 Å². The lowest BCUT2D eigenvalue weighted by molar-refractivity contribution is 0.711. The second kappa shape index (κ2) is 6.21. The molecule has 0 unspecified atom stereocenters. The number of pyridine rings is 1. The predicted octanol–water partition coefficient (Wildman–Crippen LogP) is 3.59. The van der Waals surface area contributed by atoms with Gasteiger partial charge in [-0.05, 0) is 60.3 Å². The zero-order valence-electron chi connectivity index (χ0n) is 11.3. The average Bonchev–Trinajstić information content (AvgIpc) is 2.73. The van der Waals surface area contributed by atoms with Gasteiger partial charge in [0.05, 0.1) is 0 Å². The largest absolute Gasteiger partial charge is 0.316 e. The predicted molar refractivity (Wildman–Crippen MR) is 84.9 cm³/mol. The first-order chi connectivity index (χ1) is 9.84. The lowest BCUT2D eigenvalue weighted by atomic mass is 9.96. The highest BCUT2D eigenvalue weighted by molar-refractivity contribution is 6.32. The van der Waals surface area contributed by atoms with E-state index in [-0.39, 0.29) is 0 Å². The Labute approximate surface area is 124 Å². The van der Waals surface area contributed by atoms with Gasteiger partial charge in [0.1, 0.15) is 0 Å². The van der Waals surface area contributed by atoms with Crippen LogP contribution in [-0.4, -0.2) is 18.1 Å². The first kappa shape index (κ1) is 13.3. The Hall–Kier alpha value is -1.64.